The van der Waals surface area contributed by atoms with E-state index in [2.05, 4.69) is 15.3 Å². The molecule has 1 atom stereocenters. The first-order valence-electron chi connectivity index (χ1n) is 4.56. The van der Waals surface area contributed by atoms with Gasteiger partial charge in [0.1, 0.15) is 0 Å². The summed E-state index contributed by atoms with van der Waals surface area (Å²) in [5.74, 6) is 0.481. The van der Waals surface area contributed by atoms with Crippen molar-refractivity contribution in [3.05, 3.63) is 24.3 Å². The maximum absolute atomic E-state index is 10.1. The van der Waals surface area contributed by atoms with Gasteiger partial charge in [-0.25, -0.2) is 9.97 Å². The molecule has 4 nitrogen and oxygen atoms in total. The van der Waals surface area contributed by atoms with Crippen molar-refractivity contribution in [2.75, 3.05) is 6.54 Å². The second-order valence-corrected chi connectivity index (χ2v) is 3.32. The maximum atomic E-state index is 10.1. The highest BCUT2D eigenvalue weighted by Gasteiger charge is 2.33. The van der Waals surface area contributed by atoms with Crippen LogP contribution in [0, 0.1) is 0 Å². The van der Waals surface area contributed by atoms with E-state index in [4.69, 9.17) is 0 Å². The summed E-state index contributed by atoms with van der Waals surface area (Å²) < 4.78 is 0. The van der Waals surface area contributed by atoms with Gasteiger partial charge in [-0.05, 0) is 31.9 Å². The van der Waals surface area contributed by atoms with Gasteiger partial charge in [0.25, 0.3) is 0 Å². The number of nitrogens with zero attached hydrogens (tertiary/aromatic N) is 2. The van der Waals surface area contributed by atoms with Crippen LogP contribution < -0.4 is 5.32 Å². The fraction of sp³-hybridized carbons (Fsp3) is 0.556. The van der Waals surface area contributed by atoms with Crippen molar-refractivity contribution in [1.29, 1.82) is 0 Å². The Bertz CT molecular complexity index is 269. The highest BCUT2D eigenvalue weighted by atomic mass is 16.3. The molecule has 13 heavy (non-hydrogen) atoms. The first-order valence-corrected chi connectivity index (χ1v) is 4.56. The summed E-state index contributed by atoms with van der Waals surface area (Å²) in [6, 6.07) is 1.75. The molecule has 0 saturated carbocycles. The van der Waals surface area contributed by atoms with E-state index in [0.717, 1.165) is 19.4 Å². The molecule has 2 rings (SSSR count). The predicted octanol–water partition coefficient (Wildman–Crippen LogP) is 0.395. The Morgan fingerprint density at radius 1 is 1.31 bits per heavy atom. The van der Waals surface area contributed by atoms with Crippen LogP contribution in [0.4, 0.5) is 0 Å². The minimum absolute atomic E-state index is 0.481. The van der Waals surface area contributed by atoms with Crippen LogP contribution in [-0.4, -0.2) is 21.6 Å². The van der Waals surface area contributed by atoms with E-state index in [0.29, 0.717) is 12.2 Å². The summed E-state index contributed by atoms with van der Waals surface area (Å²) in [7, 11) is 0. The molecule has 1 fully saturated rings. The monoisotopic (exact) mass is 179 g/mol. The van der Waals surface area contributed by atoms with E-state index < -0.39 is 5.72 Å². The fourth-order valence-corrected chi connectivity index (χ4v) is 1.59. The van der Waals surface area contributed by atoms with Crippen LogP contribution in [-0.2, 0) is 5.72 Å². The zero-order valence-corrected chi connectivity index (χ0v) is 7.40. The fourth-order valence-electron chi connectivity index (χ4n) is 1.59. The first-order chi connectivity index (χ1) is 6.31. The summed E-state index contributed by atoms with van der Waals surface area (Å²) in [6.07, 6.45) is 6.11. The van der Waals surface area contributed by atoms with Crippen LogP contribution in [0.25, 0.3) is 0 Å². The average molecular weight is 179 g/mol. The Hall–Kier alpha value is -1.00. The number of rotatable bonds is 1. The minimum atomic E-state index is -1.00. The molecule has 0 bridgehead atoms. The lowest BCUT2D eigenvalue weighted by Gasteiger charge is -2.31. The SMILES string of the molecule is OC1(c2ncccn2)CCCCN1. The molecule has 1 saturated heterocycles. The molecule has 0 radical (unpaired) electrons. The zero-order chi connectivity index (χ0) is 9.15. The predicted molar refractivity (Wildman–Crippen MR) is 47.8 cm³/mol. The molecule has 1 aliphatic heterocycles. The Kier molecular flexibility index (Phi) is 2.24. The molecule has 1 unspecified atom stereocenters. The largest absolute Gasteiger partial charge is 0.369 e. The molecule has 0 amide bonds. The maximum Gasteiger partial charge on any atom is 0.176 e. The molecule has 2 heterocycles. The van der Waals surface area contributed by atoms with Crippen molar-refractivity contribution in [1.82, 2.24) is 15.3 Å². The highest BCUT2D eigenvalue weighted by molar-refractivity contribution is 5.01. The van der Waals surface area contributed by atoms with Gasteiger partial charge in [0, 0.05) is 12.4 Å². The molecular weight excluding hydrogens is 166 g/mol. The van der Waals surface area contributed by atoms with Crippen LogP contribution in [0.3, 0.4) is 0 Å². The van der Waals surface area contributed by atoms with E-state index in [1.165, 1.54) is 0 Å². The van der Waals surface area contributed by atoms with Crippen molar-refractivity contribution in [3.8, 4) is 0 Å². The van der Waals surface area contributed by atoms with Gasteiger partial charge in [-0.1, -0.05) is 0 Å². The Balaban J connectivity index is 2.23. The lowest BCUT2D eigenvalue weighted by Crippen LogP contribution is -2.46. The quantitative estimate of drug-likeness (QED) is 0.655. The summed E-state index contributed by atoms with van der Waals surface area (Å²) in [4.78, 5) is 8.10. The first kappa shape index (κ1) is 8.59. The minimum Gasteiger partial charge on any atom is -0.369 e. The second-order valence-electron chi connectivity index (χ2n) is 3.32. The van der Waals surface area contributed by atoms with Crippen molar-refractivity contribution < 1.29 is 5.11 Å². The van der Waals surface area contributed by atoms with Gasteiger partial charge >= 0.3 is 0 Å². The molecule has 1 aromatic heterocycles. The number of aliphatic hydroxyl groups is 1. The Labute approximate surface area is 77.0 Å². The zero-order valence-electron chi connectivity index (χ0n) is 7.40. The topological polar surface area (TPSA) is 58.0 Å². The van der Waals surface area contributed by atoms with Crippen molar-refractivity contribution in [2.24, 2.45) is 0 Å². The van der Waals surface area contributed by atoms with Gasteiger partial charge in [-0.2, -0.15) is 0 Å². The number of hydrogen-bond donors (Lipinski definition) is 2. The highest BCUT2D eigenvalue weighted by Crippen LogP contribution is 2.23. The van der Waals surface area contributed by atoms with Crippen LogP contribution in [0.5, 0.6) is 0 Å². The van der Waals surface area contributed by atoms with Crippen molar-refractivity contribution in [2.45, 2.75) is 25.0 Å². The molecule has 0 aliphatic carbocycles. The molecular formula is C9H13N3O. The summed E-state index contributed by atoms with van der Waals surface area (Å²) >= 11 is 0. The van der Waals surface area contributed by atoms with Crippen molar-refractivity contribution >= 4 is 0 Å². The molecule has 2 N–H and O–H groups in total. The number of aromatic nitrogens is 2. The third-order valence-corrected chi connectivity index (χ3v) is 2.32. The van der Waals surface area contributed by atoms with E-state index in [9.17, 15) is 5.11 Å². The van der Waals surface area contributed by atoms with E-state index in [1.807, 2.05) is 0 Å². The third-order valence-electron chi connectivity index (χ3n) is 2.32. The molecule has 4 heteroatoms. The van der Waals surface area contributed by atoms with Crippen LogP contribution in [0.15, 0.2) is 18.5 Å². The third kappa shape index (κ3) is 1.68. The molecule has 0 spiro atoms. The van der Waals surface area contributed by atoms with Gasteiger partial charge in [0.05, 0.1) is 0 Å². The van der Waals surface area contributed by atoms with Gasteiger partial charge < -0.3 is 5.11 Å². The van der Waals surface area contributed by atoms with Crippen LogP contribution in [0.2, 0.25) is 0 Å². The second kappa shape index (κ2) is 3.40. The number of nitrogens with one attached hydrogen (secondary N) is 1. The van der Waals surface area contributed by atoms with E-state index in [-0.39, 0.29) is 0 Å². The van der Waals surface area contributed by atoms with Crippen LogP contribution >= 0.6 is 0 Å². The number of hydrogen-bond acceptors (Lipinski definition) is 4. The van der Waals surface area contributed by atoms with Gasteiger partial charge in [0.2, 0.25) is 0 Å². The molecule has 70 valence electrons. The standard InChI is InChI=1S/C9H13N3O/c13-9(4-1-2-7-12-9)8-10-5-3-6-11-8/h3,5-6,12-13H,1-2,4,7H2. The summed E-state index contributed by atoms with van der Waals surface area (Å²) in [5.41, 5.74) is -1.00. The lowest BCUT2D eigenvalue weighted by atomic mass is 10.0. The molecule has 1 aliphatic rings. The smallest absolute Gasteiger partial charge is 0.176 e. The van der Waals surface area contributed by atoms with Gasteiger partial charge in [0.15, 0.2) is 11.5 Å². The Morgan fingerprint density at radius 2 is 2.08 bits per heavy atom. The van der Waals surface area contributed by atoms with Crippen LogP contribution in [0.1, 0.15) is 25.1 Å². The molecule has 1 aromatic rings. The lowest BCUT2D eigenvalue weighted by molar-refractivity contribution is -0.0321. The van der Waals surface area contributed by atoms with E-state index >= 15 is 0 Å². The van der Waals surface area contributed by atoms with Gasteiger partial charge in [-0.3, -0.25) is 5.32 Å². The Morgan fingerprint density at radius 3 is 2.69 bits per heavy atom. The normalized spacial score (nSPS) is 28.7. The summed E-state index contributed by atoms with van der Waals surface area (Å²) in [6.45, 7) is 0.828. The summed E-state index contributed by atoms with van der Waals surface area (Å²) in [5, 5.41) is 13.1. The van der Waals surface area contributed by atoms with E-state index in [1.54, 1.807) is 18.5 Å². The van der Waals surface area contributed by atoms with Crippen molar-refractivity contribution in [3.63, 3.8) is 0 Å². The molecule has 0 aromatic carbocycles. The average Bonchev–Trinajstić information content (AvgIpc) is 2.20. The number of piperidine rings is 1. The van der Waals surface area contributed by atoms with Gasteiger partial charge in [-0.15, -0.1) is 0 Å².